The first-order valence-corrected chi connectivity index (χ1v) is 11.3. The maximum absolute atomic E-state index is 13.0. The molecule has 2 heterocycles. The molecule has 1 aliphatic rings. The minimum absolute atomic E-state index is 0.0826. The number of ether oxygens (including phenoxy) is 1. The van der Waals surface area contributed by atoms with Crippen molar-refractivity contribution in [3.63, 3.8) is 0 Å². The van der Waals surface area contributed by atoms with Crippen molar-refractivity contribution in [2.24, 2.45) is 0 Å². The number of fused-ring (bicyclic) bond motifs is 1. The second-order valence-electron chi connectivity index (χ2n) is 8.19. The molecule has 0 radical (unpaired) electrons. The van der Waals surface area contributed by atoms with E-state index in [9.17, 15) is 9.59 Å². The van der Waals surface area contributed by atoms with Crippen molar-refractivity contribution in [1.82, 2.24) is 14.5 Å². The fraction of sp³-hybridized carbons (Fsp3) is 0.185. The monoisotopic (exact) mass is 452 g/mol. The highest BCUT2D eigenvalue weighted by atomic mass is 16.5. The lowest BCUT2D eigenvalue weighted by Gasteiger charge is -2.25. The van der Waals surface area contributed by atoms with Gasteiger partial charge in [0.2, 0.25) is 0 Å². The SMILES string of the molecule is O=C(Nc1c(OC(Cn2ccnc2)c2ccccc2)ccc2c1CCCC2=O)c1ccccn1. The Morgan fingerprint density at radius 1 is 1.03 bits per heavy atom. The lowest BCUT2D eigenvalue weighted by atomic mass is 9.89. The van der Waals surface area contributed by atoms with Crippen LogP contribution >= 0.6 is 0 Å². The zero-order chi connectivity index (χ0) is 23.3. The van der Waals surface area contributed by atoms with Crippen LogP contribution in [0.4, 0.5) is 5.69 Å². The van der Waals surface area contributed by atoms with E-state index in [0.29, 0.717) is 42.1 Å². The Kier molecular flexibility index (Phi) is 6.16. The molecule has 0 saturated heterocycles. The first-order valence-electron chi connectivity index (χ1n) is 11.3. The van der Waals surface area contributed by atoms with Gasteiger partial charge < -0.3 is 14.6 Å². The number of rotatable bonds is 7. The van der Waals surface area contributed by atoms with Gasteiger partial charge in [0.05, 0.1) is 18.6 Å². The summed E-state index contributed by atoms with van der Waals surface area (Å²) in [6.07, 6.45) is 8.53. The van der Waals surface area contributed by atoms with Crippen LogP contribution in [0.3, 0.4) is 0 Å². The number of aromatic nitrogens is 3. The number of benzene rings is 2. The third-order valence-electron chi connectivity index (χ3n) is 5.92. The Balaban J connectivity index is 1.54. The van der Waals surface area contributed by atoms with E-state index in [0.717, 1.165) is 17.5 Å². The van der Waals surface area contributed by atoms with E-state index in [1.54, 1.807) is 43.0 Å². The standard InChI is InChI=1S/C27H24N4O3/c32-23-11-6-9-21-20(23)12-13-24(26(21)30-27(33)22-10-4-5-14-29-22)34-25(17-31-16-15-28-18-31)19-7-2-1-3-8-19/h1-5,7-8,10,12-16,18,25H,6,9,11,17H2,(H,30,33). The van der Waals surface area contributed by atoms with Crippen LogP contribution in [0.25, 0.3) is 0 Å². The summed E-state index contributed by atoms with van der Waals surface area (Å²) in [5.41, 5.74) is 3.28. The molecule has 34 heavy (non-hydrogen) atoms. The van der Waals surface area contributed by atoms with Crippen molar-refractivity contribution in [2.45, 2.75) is 31.9 Å². The molecule has 1 aliphatic carbocycles. The highest BCUT2D eigenvalue weighted by Crippen LogP contribution is 2.38. The van der Waals surface area contributed by atoms with E-state index in [-0.39, 0.29) is 17.8 Å². The molecule has 7 nitrogen and oxygen atoms in total. The molecule has 0 aliphatic heterocycles. The summed E-state index contributed by atoms with van der Waals surface area (Å²) < 4.78 is 8.50. The van der Waals surface area contributed by atoms with Crippen LogP contribution in [0, 0.1) is 0 Å². The van der Waals surface area contributed by atoms with Crippen LogP contribution in [0.1, 0.15) is 50.9 Å². The number of hydrogen-bond donors (Lipinski definition) is 1. The van der Waals surface area contributed by atoms with Crippen molar-refractivity contribution in [1.29, 1.82) is 0 Å². The van der Waals surface area contributed by atoms with Gasteiger partial charge in [-0.25, -0.2) is 4.98 Å². The molecule has 2 aromatic heterocycles. The third kappa shape index (κ3) is 4.59. The van der Waals surface area contributed by atoms with Crippen LogP contribution < -0.4 is 10.1 Å². The van der Waals surface area contributed by atoms with Gasteiger partial charge in [-0.15, -0.1) is 0 Å². The van der Waals surface area contributed by atoms with Crippen LogP contribution in [0.2, 0.25) is 0 Å². The number of ketones is 1. The van der Waals surface area contributed by atoms with Crippen molar-refractivity contribution < 1.29 is 14.3 Å². The molecule has 1 atom stereocenters. The van der Waals surface area contributed by atoms with Gasteiger partial charge in [-0.1, -0.05) is 36.4 Å². The molecule has 7 heteroatoms. The maximum atomic E-state index is 13.0. The van der Waals surface area contributed by atoms with Crippen molar-refractivity contribution in [3.8, 4) is 5.75 Å². The molecule has 0 spiro atoms. The number of imidazole rings is 1. The van der Waals surface area contributed by atoms with Gasteiger partial charge in [0.15, 0.2) is 5.78 Å². The molecule has 5 rings (SSSR count). The van der Waals surface area contributed by atoms with E-state index >= 15 is 0 Å². The molecule has 4 aromatic rings. The van der Waals surface area contributed by atoms with Crippen molar-refractivity contribution >= 4 is 17.4 Å². The third-order valence-corrected chi connectivity index (χ3v) is 5.92. The lowest BCUT2D eigenvalue weighted by molar-refractivity contribution is 0.0969. The Hall–Kier alpha value is -4.26. The van der Waals surface area contributed by atoms with Crippen LogP contribution in [-0.2, 0) is 13.0 Å². The number of nitrogens with zero attached hydrogens (tertiary/aromatic N) is 3. The predicted molar refractivity (Wildman–Crippen MR) is 128 cm³/mol. The summed E-state index contributed by atoms with van der Waals surface area (Å²) >= 11 is 0. The molecular weight excluding hydrogens is 428 g/mol. The maximum Gasteiger partial charge on any atom is 0.274 e. The zero-order valence-corrected chi connectivity index (χ0v) is 18.6. The topological polar surface area (TPSA) is 86.1 Å². The van der Waals surface area contributed by atoms with Gasteiger partial charge in [0.25, 0.3) is 5.91 Å². The molecule has 0 bridgehead atoms. The summed E-state index contributed by atoms with van der Waals surface area (Å²) in [5.74, 6) is 0.258. The number of pyridine rings is 1. The largest absolute Gasteiger partial charge is 0.482 e. The highest BCUT2D eigenvalue weighted by Gasteiger charge is 2.26. The Bertz CT molecular complexity index is 1290. The van der Waals surface area contributed by atoms with Crippen molar-refractivity contribution in [2.75, 3.05) is 5.32 Å². The Labute approximate surface area is 197 Å². The predicted octanol–water partition coefficient (Wildman–Crippen LogP) is 4.87. The van der Waals surface area contributed by atoms with Gasteiger partial charge in [-0.2, -0.15) is 0 Å². The normalized spacial score (nSPS) is 13.7. The molecule has 2 aromatic carbocycles. The molecule has 1 N–H and O–H groups in total. The van der Waals surface area contributed by atoms with Crippen molar-refractivity contribution in [3.05, 3.63) is 108 Å². The van der Waals surface area contributed by atoms with Gasteiger partial charge in [-0.05, 0) is 48.2 Å². The lowest BCUT2D eigenvalue weighted by Crippen LogP contribution is -2.21. The van der Waals surface area contributed by atoms with E-state index in [1.807, 2.05) is 47.2 Å². The number of Topliss-reactive ketones (excluding diaryl/α,β-unsaturated/α-hetero) is 1. The quantitative estimate of drug-likeness (QED) is 0.432. The first-order chi connectivity index (χ1) is 16.7. The molecule has 1 unspecified atom stereocenters. The fourth-order valence-electron chi connectivity index (χ4n) is 4.24. The van der Waals surface area contributed by atoms with E-state index < -0.39 is 0 Å². The number of carbonyl (C=O) groups is 2. The number of hydrogen-bond acceptors (Lipinski definition) is 5. The van der Waals surface area contributed by atoms with Gasteiger partial charge in [-0.3, -0.25) is 14.6 Å². The van der Waals surface area contributed by atoms with E-state index in [2.05, 4.69) is 15.3 Å². The zero-order valence-electron chi connectivity index (χ0n) is 18.6. The summed E-state index contributed by atoms with van der Waals surface area (Å²) in [6, 6.07) is 18.7. The molecule has 170 valence electrons. The second-order valence-corrected chi connectivity index (χ2v) is 8.19. The molecular formula is C27H24N4O3. The van der Waals surface area contributed by atoms with E-state index in [1.165, 1.54) is 0 Å². The van der Waals surface area contributed by atoms with Crippen LogP contribution in [0.15, 0.2) is 85.6 Å². The summed E-state index contributed by atoms with van der Waals surface area (Å²) in [7, 11) is 0. The average Bonchev–Trinajstić information content (AvgIpc) is 3.39. The molecule has 1 amide bonds. The van der Waals surface area contributed by atoms with Gasteiger partial charge >= 0.3 is 0 Å². The number of carbonyl (C=O) groups excluding carboxylic acids is 2. The van der Waals surface area contributed by atoms with Gasteiger partial charge in [0, 0.05) is 30.6 Å². The Morgan fingerprint density at radius 3 is 2.65 bits per heavy atom. The average molecular weight is 453 g/mol. The first kappa shape index (κ1) is 21.6. The number of anilines is 1. The summed E-state index contributed by atoms with van der Waals surface area (Å²) in [5, 5.41) is 2.99. The minimum atomic E-state index is -0.345. The number of nitrogens with one attached hydrogen (secondary N) is 1. The van der Waals surface area contributed by atoms with Crippen LogP contribution in [-0.4, -0.2) is 26.2 Å². The Morgan fingerprint density at radius 2 is 1.88 bits per heavy atom. The van der Waals surface area contributed by atoms with E-state index in [4.69, 9.17) is 4.74 Å². The highest BCUT2D eigenvalue weighted by molar-refractivity contribution is 6.07. The summed E-state index contributed by atoms with van der Waals surface area (Å²) in [4.78, 5) is 33.9. The van der Waals surface area contributed by atoms with Crippen LogP contribution in [0.5, 0.6) is 5.75 Å². The molecule has 0 saturated carbocycles. The molecule has 0 fully saturated rings. The fourth-order valence-corrected chi connectivity index (χ4v) is 4.24. The smallest absolute Gasteiger partial charge is 0.274 e. The van der Waals surface area contributed by atoms with Gasteiger partial charge in [0.1, 0.15) is 17.5 Å². The second kappa shape index (κ2) is 9.70. The number of amides is 1. The minimum Gasteiger partial charge on any atom is -0.482 e. The summed E-state index contributed by atoms with van der Waals surface area (Å²) in [6.45, 7) is 0.535.